The van der Waals surface area contributed by atoms with E-state index in [-0.39, 0.29) is 5.91 Å². The van der Waals surface area contributed by atoms with Crippen LogP contribution in [0.5, 0.6) is 5.75 Å². The highest BCUT2D eigenvalue weighted by atomic mass is 79.9. The molecule has 1 aliphatic rings. The number of amides is 1. The summed E-state index contributed by atoms with van der Waals surface area (Å²) in [7, 11) is 1.68. The fraction of sp³-hybridized carbons (Fsp3) is 0.263. The molecule has 26 heavy (non-hydrogen) atoms. The van der Waals surface area contributed by atoms with Gasteiger partial charge < -0.3 is 14.5 Å². The highest BCUT2D eigenvalue weighted by molar-refractivity contribution is 9.10. The average Bonchev–Trinajstić information content (AvgIpc) is 2.68. The zero-order valence-electron chi connectivity index (χ0n) is 14.4. The van der Waals surface area contributed by atoms with Crippen molar-refractivity contribution in [3.63, 3.8) is 0 Å². The van der Waals surface area contributed by atoms with Gasteiger partial charge in [0, 0.05) is 36.2 Å². The molecule has 0 aliphatic carbocycles. The molecule has 0 aromatic heterocycles. The first-order valence-corrected chi connectivity index (χ1v) is 9.52. The maximum absolute atomic E-state index is 12.3. The third kappa shape index (κ3) is 4.34. The van der Waals surface area contributed by atoms with Crippen molar-refractivity contribution in [2.45, 2.75) is 0 Å². The van der Waals surface area contributed by atoms with Crippen LogP contribution in [0.3, 0.4) is 0 Å². The lowest BCUT2D eigenvalue weighted by molar-refractivity contribution is 0.0973. The van der Waals surface area contributed by atoms with Crippen molar-refractivity contribution in [2.24, 2.45) is 0 Å². The molecule has 2 aromatic carbocycles. The Hall–Kier alpha value is -2.12. The molecule has 1 amide bonds. The number of halogens is 1. The Morgan fingerprint density at radius 1 is 1.08 bits per heavy atom. The average molecular weight is 434 g/mol. The largest absolute Gasteiger partial charge is 0.495 e. The van der Waals surface area contributed by atoms with E-state index in [0.29, 0.717) is 10.7 Å². The molecule has 0 saturated carbocycles. The molecule has 136 valence electrons. The van der Waals surface area contributed by atoms with Gasteiger partial charge in [-0.3, -0.25) is 10.1 Å². The summed E-state index contributed by atoms with van der Waals surface area (Å²) in [5, 5.41) is 3.29. The van der Waals surface area contributed by atoms with Gasteiger partial charge in [0.2, 0.25) is 0 Å². The zero-order valence-corrected chi connectivity index (χ0v) is 16.8. The molecule has 0 atom stereocenters. The normalized spacial score (nSPS) is 14.1. The molecule has 1 aliphatic heterocycles. The number of rotatable bonds is 3. The van der Waals surface area contributed by atoms with Gasteiger partial charge >= 0.3 is 0 Å². The Bertz CT molecular complexity index is 790. The number of benzene rings is 2. The minimum atomic E-state index is -0.186. The summed E-state index contributed by atoms with van der Waals surface area (Å²) in [6.07, 6.45) is 0. The SMILES string of the molecule is COc1ccccc1N1CCN(C(=S)NC(=O)c2ccc(Br)cc2)CC1. The molecular weight excluding hydrogens is 414 g/mol. The molecule has 0 bridgehead atoms. The number of piperazine rings is 1. The number of para-hydroxylation sites is 2. The Morgan fingerprint density at radius 3 is 2.38 bits per heavy atom. The van der Waals surface area contributed by atoms with Gasteiger partial charge in [0.25, 0.3) is 5.91 Å². The standard InChI is InChI=1S/C19H20BrN3O2S/c1-25-17-5-3-2-4-16(17)22-10-12-23(13-11-22)19(26)21-18(24)14-6-8-15(20)9-7-14/h2-9H,10-13H2,1H3,(H,21,24,26). The summed E-state index contributed by atoms with van der Waals surface area (Å²) >= 11 is 8.79. The summed E-state index contributed by atoms with van der Waals surface area (Å²) in [5.41, 5.74) is 1.67. The molecule has 0 radical (unpaired) electrons. The number of carbonyl (C=O) groups excluding carboxylic acids is 1. The number of carbonyl (C=O) groups is 1. The number of hydrogen-bond acceptors (Lipinski definition) is 4. The summed E-state index contributed by atoms with van der Waals surface area (Å²) in [4.78, 5) is 16.6. The van der Waals surface area contributed by atoms with Crippen molar-refractivity contribution in [1.29, 1.82) is 0 Å². The first-order valence-electron chi connectivity index (χ1n) is 8.32. The number of nitrogens with zero attached hydrogens (tertiary/aromatic N) is 2. The van der Waals surface area contributed by atoms with Crippen LogP contribution >= 0.6 is 28.1 Å². The molecule has 1 N–H and O–H groups in total. The lowest BCUT2D eigenvalue weighted by atomic mass is 10.2. The molecule has 2 aromatic rings. The second-order valence-corrected chi connectivity index (χ2v) is 7.21. The summed E-state index contributed by atoms with van der Waals surface area (Å²) in [5.74, 6) is 0.682. The first-order chi connectivity index (χ1) is 12.6. The maximum atomic E-state index is 12.3. The zero-order chi connectivity index (χ0) is 18.5. The lowest BCUT2D eigenvalue weighted by Gasteiger charge is -2.37. The van der Waals surface area contributed by atoms with Crippen molar-refractivity contribution in [2.75, 3.05) is 38.2 Å². The van der Waals surface area contributed by atoms with Crippen LogP contribution in [-0.2, 0) is 0 Å². The summed E-state index contributed by atoms with van der Waals surface area (Å²) in [6.45, 7) is 3.12. The van der Waals surface area contributed by atoms with Crippen molar-refractivity contribution < 1.29 is 9.53 Å². The fourth-order valence-electron chi connectivity index (χ4n) is 2.89. The van der Waals surface area contributed by atoms with E-state index < -0.39 is 0 Å². The first kappa shape index (κ1) is 18.7. The van der Waals surface area contributed by atoms with Gasteiger partial charge in [-0.25, -0.2) is 0 Å². The van der Waals surface area contributed by atoms with E-state index in [0.717, 1.165) is 42.1 Å². The Balaban J connectivity index is 1.56. The van der Waals surface area contributed by atoms with Crippen LogP contribution in [0.25, 0.3) is 0 Å². The van der Waals surface area contributed by atoms with Crippen molar-refractivity contribution in [3.8, 4) is 5.75 Å². The predicted molar refractivity (Wildman–Crippen MR) is 111 cm³/mol. The topological polar surface area (TPSA) is 44.8 Å². The fourth-order valence-corrected chi connectivity index (χ4v) is 3.43. The third-order valence-corrected chi connectivity index (χ3v) is 5.21. The molecule has 3 rings (SSSR count). The van der Waals surface area contributed by atoms with Crippen LogP contribution < -0.4 is 15.0 Å². The van der Waals surface area contributed by atoms with Crippen LogP contribution in [0, 0.1) is 0 Å². The minimum absolute atomic E-state index is 0.186. The highest BCUT2D eigenvalue weighted by Crippen LogP contribution is 2.28. The number of nitrogens with one attached hydrogen (secondary N) is 1. The van der Waals surface area contributed by atoms with E-state index in [2.05, 4.69) is 32.2 Å². The molecule has 5 nitrogen and oxygen atoms in total. The van der Waals surface area contributed by atoms with Crippen LogP contribution in [0.15, 0.2) is 53.0 Å². The van der Waals surface area contributed by atoms with Gasteiger partial charge in [0.15, 0.2) is 5.11 Å². The van der Waals surface area contributed by atoms with Crippen LogP contribution in [-0.4, -0.2) is 49.2 Å². The van der Waals surface area contributed by atoms with Gasteiger partial charge in [0.05, 0.1) is 12.8 Å². The monoisotopic (exact) mass is 433 g/mol. The molecule has 1 heterocycles. The van der Waals surface area contributed by atoms with Gasteiger partial charge in [-0.1, -0.05) is 28.1 Å². The number of hydrogen-bond donors (Lipinski definition) is 1. The Kier molecular flexibility index (Phi) is 6.11. The molecule has 7 heteroatoms. The van der Waals surface area contributed by atoms with Gasteiger partial charge in [-0.05, 0) is 48.6 Å². The molecule has 0 unspecified atom stereocenters. The quantitative estimate of drug-likeness (QED) is 0.752. The maximum Gasteiger partial charge on any atom is 0.257 e. The lowest BCUT2D eigenvalue weighted by Crippen LogP contribution is -2.52. The second kappa shape index (κ2) is 8.51. The second-order valence-electron chi connectivity index (χ2n) is 5.91. The number of ether oxygens (including phenoxy) is 1. The van der Waals surface area contributed by atoms with Gasteiger partial charge in [-0.15, -0.1) is 0 Å². The Labute approximate surface area is 167 Å². The molecule has 0 spiro atoms. The van der Waals surface area contributed by atoms with E-state index in [1.165, 1.54) is 0 Å². The van der Waals surface area contributed by atoms with E-state index in [9.17, 15) is 4.79 Å². The van der Waals surface area contributed by atoms with E-state index >= 15 is 0 Å². The van der Waals surface area contributed by atoms with Gasteiger partial charge in [-0.2, -0.15) is 0 Å². The molecular formula is C19H20BrN3O2S. The van der Waals surface area contributed by atoms with Crippen molar-refractivity contribution in [3.05, 3.63) is 58.6 Å². The highest BCUT2D eigenvalue weighted by Gasteiger charge is 2.22. The number of thiocarbonyl (C=S) groups is 1. The number of methoxy groups -OCH3 is 1. The molecule has 1 fully saturated rings. The number of anilines is 1. The van der Waals surface area contributed by atoms with Crippen molar-refractivity contribution >= 4 is 44.9 Å². The van der Waals surface area contributed by atoms with E-state index in [1.807, 2.05) is 35.2 Å². The van der Waals surface area contributed by atoms with Crippen LogP contribution in [0.4, 0.5) is 5.69 Å². The van der Waals surface area contributed by atoms with E-state index in [4.69, 9.17) is 17.0 Å². The minimum Gasteiger partial charge on any atom is -0.495 e. The molecule has 1 saturated heterocycles. The van der Waals surface area contributed by atoms with Crippen molar-refractivity contribution in [1.82, 2.24) is 10.2 Å². The Morgan fingerprint density at radius 2 is 1.73 bits per heavy atom. The third-order valence-electron chi connectivity index (χ3n) is 4.32. The summed E-state index contributed by atoms with van der Waals surface area (Å²) < 4.78 is 6.38. The van der Waals surface area contributed by atoms with Crippen LogP contribution in [0.1, 0.15) is 10.4 Å². The van der Waals surface area contributed by atoms with Gasteiger partial charge in [0.1, 0.15) is 5.75 Å². The summed E-state index contributed by atoms with van der Waals surface area (Å²) in [6, 6.07) is 15.2. The predicted octanol–water partition coefficient (Wildman–Crippen LogP) is 3.29. The smallest absolute Gasteiger partial charge is 0.257 e. The van der Waals surface area contributed by atoms with Crippen LogP contribution in [0.2, 0.25) is 0 Å². The van der Waals surface area contributed by atoms with E-state index in [1.54, 1.807) is 19.2 Å².